The average Bonchev–Trinajstić information content (AvgIpc) is 3.11. The molecule has 0 aliphatic heterocycles. The fraction of sp³-hybridized carbons (Fsp3) is 0.294. The summed E-state index contributed by atoms with van der Waals surface area (Å²) < 4.78 is 17.8. The van der Waals surface area contributed by atoms with E-state index in [-0.39, 0.29) is 6.42 Å². The number of carbonyl (C=O) groups is 1. The van der Waals surface area contributed by atoms with Crippen molar-refractivity contribution in [2.24, 2.45) is 0 Å². The van der Waals surface area contributed by atoms with Crippen molar-refractivity contribution in [3.8, 4) is 28.5 Å². The van der Waals surface area contributed by atoms with Gasteiger partial charge in [0, 0.05) is 11.1 Å². The lowest BCUT2D eigenvalue weighted by Gasteiger charge is -2.13. The Labute approximate surface area is 143 Å². The molecule has 0 saturated carbocycles. The molecule has 0 unspecified atom stereocenters. The van der Waals surface area contributed by atoms with Gasteiger partial charge in [-0.2, -0.15) is 0 Å². The number of hydrogen-bond acceptors (Lipinski definition) is 5. The van der Waals surface area contributed by atoms with Crippen molar-refractivity contribution in [2.75, 3.05) is 21.3 Å². The maximum Gasteiger partial charge on any atom is 0.309 e. The molecular weight excluding hydrogens is 326 g/mol. The summed E-state index contributed by atoms with van der Waals surface area (Å²) in [7, 11) is 4.68. The van der Waals surface area contributed by atoms with Gasteiger partial charge in [-0.1, -0.05) is 0 Å². The predicted octanol–water partition coefficient (Wildman–Crippen LogP) is 2.29. The van der Waals surface area contributed by atoms with Gasteiger partial charge in [0.2, 0.25) is 5.75 Å². The van der Waals surface area contributed by atoms with E-state index in [9.17, 15) is 4.79 Å². The fourth-order valence-electron chi connectivity index (χ4n) is 2.84. The summed E-state index contributed by atoms with van der Waals surface area (Å²) in [6.45, 7) is 1.92. The number of aromatic nitrogens is 3. The number of nitrogens with zero attached hydrogens (tertiary/aromatic N) is 2. The molecule has 25 heavy (non-hydrogen) atoms. The lowest BCUT2D eigenvalue weighted by atomic mass is 10.1. The molecule has 2 N–H and O–H groups in total. The van der Waals surface area contributed by atoms with Gasteiger partial charge in [0.05, 0.1) is 45.3 Å². The van der Waals surface area contributed by atoms with Crippen LogP contribution in [0.5, 0.6) is 17.2 Å². The first-order valence-electron chi connectivity index (χ1n) is 7.57. The summed E-state index contributed by atoms with van der Waals surface area (Å²) >= 11 is 0. The molecule has 2 heterocycles. The summed E-state index contributed by atoms with van der Waals surface area (Å²) in [4.78, 5) is 15.2. The predicted molar refractivity (Wildman–Crippen MR) is 90.7 cm³/mol. The number of fused-ring (bicyclic) bond motifs is 1. The van der Waals surface area contributed by atoms with Gasteiger partial charge in [-0.05, 0) is 19.1 Å². The maximum atomic E-state index is 10.8. The van der Waals surface area contributed by atoms with Crippen molar-refractivity contribution < 1.29 is 24.1 Å². The van der Waals surface area contributed by atoms with Crippen LogP contribution in [-0.2, 0) is 11.2 Å². The van der Waals surface area contributed by atoms with Crippen LogP contribution < -0.4 is 14.2 Å². The fourth-order valence-corrected chi connectivity index (χ4v) is 2.84. The zero-order valence-electron chi connectivity index (χ0n) is 14.4. The maximum absolute atomic E-state index is 10.8. The number of aryl methyl sites for hydroxylation is 1. The molecule has 0 atom stereocenters. The number of aliphatic carboxylic acids is 1. The van der Waals surface area contributed by atoms with Gasteiger partial charge in [-0.3, -0.25) is 9.89 Å². The van der Waals surface area contributed by atoms with Crippen LogP contribution in [0.3, 0.4) is 0 Å². The Kier molecular flexibility index (Phi) is 4.26. The number of carboxylic acids is 1. The Balaban J connectivity index is 2.11. The van der Waals surface area contributed by atoms with Crippen LogP contribution in [0.2, 0.25) is 0 Å². The van der Waals surface area contributed by atoms with Crippen molar-refractivity contribution in [1.82, 2.24) is 14.6 Å². The quantitative estimate of drug-likeness (QED) is 0.711. The number of nitrogens with one attached hydrogen (secondary N) is 1. The van der Waals surface area contributed by atoms with Gasteiger partial charge < -0.3 is 19.3 Å². The Morgan fingerprint density at radius 1 is 1.20 bits per heavy atom. The van der Waals surface area contributed by atoms with Crippen LogP contribution in [0.1, 0.15) is 11.3 Å². The highest BCUT2D eigenvalue weighted by Crippen LogP contribution is 2.41. The summed E-state index contributed by atoms with van der Waals surface area (Å²) in [6.07, 6.45) is 1.56. The third kappa shape index (κ3) is 2.86. The smallest absolute Gasteiger partial charge is 0.309 e. The number of imidazole rings is 1. The summed E-state index contributed by atoms with van der Waals surface area (Å²) in [6, 6.07) is 3.69. The Bertz CT molecular complexity index is 916. The minimum atomic E-state index is -0.914. The number of rotatable bonds is 6. The Hall–Kier alpha value is -3.16. The SMILES string of the molecule is COc1cc(-c2[nH]n3cc(CC(=O)O)nc3c2C)cc(OC)c1OC. The van der Waals surface area contributed by atoms with E-state index in [0.29, 0.717) is 28.6 Å². The Morgan fingerprint density at radius 3 is 2.32 bits per heavy atom. The van der Waals surface area contributed by atoms with Crippen molar-refractivity contribution in [3.05, 3.63) is 29.6 Å². The van der Waals surface area contributed by atoms with Gasteiger partial charge in [-0.15, -0.1) is 0 Å². The van der Waals surface area contributed by atoms with Gasteiger partial charge in [0.1, 0.15) is 0 Å². The monoisotopic (exact) mass is 345 g/mol. The minimum absolute atomic E-state index is 0.117. The van der Waals surface area contributed by atoms with Crippen LogP contribution in [-0.4, -0.2) is 47.0 Å². The second-order valence-electron chi connectivity index (χ2n) is 5.52. The van der Waals surface area contributed by atoms with Gasteiger partial charge >= 0.3 is 5.97 Å². The third-order valence-corrected chi connectivity index (χ3v) is 3.98. The molecule has 3 aromatic rings. The molecule has 0 saturated heterocycles. The van der Waals surface area contributed by atoms with Crippen LogP contribution in [0, 0.1) is 6.92 Å². The molecule has 132 valence electrons. The van der Waals surface area contributed by atoms with Crippen molar-refractivity contribution in [2.45, 2.75) is 13.3 Å². The first-order chi connectivity index (χ1) is 12.0. The topological polar surface area (TPSA) is 98.1 Å². The third-order valence-electron chi connectivity index (χ3n) is 3.98. The zero-order valence-corrected chi connectivity index (χ0v) is 14.4. The van der Waals surface area contributed by atoms with Crippen LogP contribution in [0.25, 0.3) is 16.9 Å². The van der Waals surface area contributed by atoms with E-state index in [1.165, 1.54) is 0 Å². The minimum Gasteiger partial charge on any atom is -0.493 e. The molecular formula is C17H19N3O5. The van der Waals surface area contributed by atoms with E-state index >= 15 is 0 Å². The van der Waals surface area contributed by atoms with Crippen molar-refractivity contribution >= 4 is 11.6 Å². The number of hydrogen-bond donors (Lipinski definition) is 2. The summed E-state index contributed by atoms with van der Waals surface area (Å²) in [5, 5.41) is 12.1. The number of H-pyrrole nitrogens is 1. The molecule has 0 radical (unpaired) electrons. The second-order valence-corrected chi connectivity index (χ2v) is 5.52. The lowest BCUT2D eigenvalue weighted by molar-refractivity contribution is -0.136. The molecule has 0 amide bonds. The van der Waals surface area contributed by atoms with Gasteiger partial charge in [0.25, 0.3) is 0 Å². The molecule has 8 heteroatoms. The number of carboxylic acid groups (broad SMARTS) is 1. The molecule has 0 aliphatic rings. The van der Waals surface area contributed by atoms with Crippen LogP contribution >= 0.6 is 0 Å². The zero-order chi connectivity index (χ0) is 18.1. The first kappa shape index (κ1) is 16.7. The molecule has 0 aliphatic carbocycles. The van der Waals surface area contributed by atoms with Gasteiger partial charge in [0.15, 0.2) is 17.1 Å². The van der Waals surface area contributed by atoms with E-state index in [1.807, 2.05) is 19.1 Å². The van der Waals surface area contributed by atoms with E-state index < -0.39 is 5.97 Å². The largest absolute Gasteiger partial charge is 0.493 e. The van der Waals surface area contributed by atoms with Gasteiger partial charge in [-0.25, -0.2) is 9.50 Å². The second kappa shape index (κ2) is 6.39. The number of aromatic amines is 1. The molecule has 0 fully saturated rings. The number of benzene rings is 1. The number of ether oxygens (including phenoxy) is 3. The van der Waals surface area contributed by atoms with E-state index in [0.717, 1.165) is 16.8 Å². The molecule has 8 nitrogen and oxygen atoms in total. The standard InChI is InChI=1S/C17H19N3O5/c1-9-15(19-20-8-11(7-14(21)22)18-17(9)20)10-5-12(23-2)16(25-4)13(6-10)24-3/h5-6,8,19H,7H2,1-4H3,(H,21,22). The summed E-state index contributed by atoms with van der Waals surface area (Å²) in [5.74, 6) is 0.708. The Morgan fingerprint density at radius 2 is 1.84 bits per heavy atom. The van der Waals surface area contributed by atoms with Crippen molar-refractivity contribution in [3.63, 3.8) is 0 Å². The number of methoxy groups -OCH3 is 3. The van der Waals surface area contributed by atoms with E-state index in [2.05, 4.69) is 10.1 Å². The lowest BCUT2D eigenvalue weighted by Crippen LogP contribution is -2.00. The molecule has 2 aromatic heterocycles. The highest BCUT2D eigenvalue weighted by molar-refractivity contribution is 5.75. The van der Waals surface area contributed by atoms with E-state index in [4.69, 9.17) is 19.3 Å². The highest BCUT2D eigenvalue weighted by atomic mass is 16.5. The normalized spacial score (nSPS) is 10.9. The summed E-state index contributed by atoms with van der Waals surface area (Å²) in [5.41, 5.74) is 3.75. The molecule has 1 aromatic carbocycles. The van der Waals surface area contributed by atoms with E-state index in [1.54, 1.807) is 32.0 Å². The molecule has 0 spiro atoms. The molecule has 0 bridgehead atoms. The van der Waals surface area contributed by atoms with Crippen LogP contribution in [0.15, 0.2) is 18.3 Å². The van der Waals surface area contributed by atoms with Crippen molar-refractivity contribution in [1.29, 1.82) is 0 Å². The first-order valence-corrected chi connectivity index (χ1v) is 7.57. The van der Waals surface area contributed by atoms with Crippen LogP contribution in [0.4, 0.5) is 0 Å². The molecule has 3 rings (SSSR count). The highest BCUT2D eigenvalue weighted by Gasteiger charge is 2.19. The average molecular weight is 345 g/mol.